The van der Waals surface area contributed by atoms with Gasteiger partial charge in [-0.25, -0.2) is 9.36 Å². The van der Waals surface area contributed by atoms with Crippen LogP contribution >= 0.6 is 0 Å². The molecule has 7 nitrogen and oxygen atoms in total. The van der Waals surface area contributed by atoms with Gasteiger partial charge >= 0.3 is 11.7 Å². The largest absolute Gasteiger partial charge is 0.393 e. The Bertz CT molecular complexity index is 543. The van der Waals surface area contributed by atoms with Crippen molar-refractivity contribution in [2.75, 3.05) is 19.5 Å². The van der Waals surface area contributed by atoms with E-state index in [0.29, 0.717) is 6.20 Å². The summed E-state index contributed by atoms with van der Waals surface area (Å²) in [5, 5.41) is 19.0. The maximum Gasteiger partial charge on any atom is 0.361 e. The van der Waals surface area contributed by atoms with Crippen molar-refractivity contribution in [2.24, 2.45) is 0 Å². The molecule has 0 saturated heterocycles. The Labute approximate surface area is 112 Å². The fourth-order valence-corrected chi connectivity index (χ4v) is 1.59. The van der Waals surface area contributed by atoms with Crippen LogP contribution in [-0.2, 0) is 10.8 Å². The van der Waals surface area contributed by atoms with Gasteiger partial charge in [-0.1, -0.05) is 6.08 Å². The highest BCUT2D eigenvalue weighted by Crippen LogP contribution is 2.33. The highest BCUT2D eigenvalue weighted by molar-refractivity contribution is 5.24. The topological polar surface area (TPSA) is 111 Å². The van der Waals surface area contributed by atoms with E-state index in [-0.39, 0.29) is 10.4 Å². The fourth-order valence-electron chi connectivity index (χ4n) is 1.59. The van der Waals surface area contributed by atoms with E-state index >= 15 is 0 Å². The summed E-state index contributed by atoms with van der Waals surface area (Å²) in [7, 11) is 1.02. The van der Waals surface area contributed by atoms with Crippen LogP contribution in [0.3, 0.4) is 0 Å². The van der Waals surface area contributed by atoms with Crippen LogP contribution in [0.1, 0.15) is 0 Å². The number of nitrogens with two attached hydrogens (primary N) is 1. The van der Waals surface area contributed by atoms with E-state index in [0.717, 1.165) is 19.3 Å². The minimum atomic E-state index is -4.09. The average Bonchev–Trinajstić information content (AvgIpc) is 2.40. The molecular weight excluding hydrogens is 276 g/mol. The number of ether oxygens (including phenoxy) is 1. The molecule has 0 aromatic carbocycles. The molecule has 2 atom stereocenters. The van der Waals surface area contributed by atoms with E-state index in [4.69, 9.17) is 15.6 Å². The smallest absolute Gasteiger partial charge is 0.361 e. The zero-order valence-corrected chi connectivity index (χ0v) is 10.7. The Morgan fingerprint density at radius 2 is 2.30 bits per heavy atom. The third-order valence-electron chi connectivity index (χ3n) is 2.91. The van der Waals surface area contributed by atoms with Gasteiger partial charge in [0.1, 0.15) is 11.4 Å². The van der Waals surface area contributed by atoms with Crippen LogP contribution in [0.25, 0.3) is 0 Å². The van der Waals surface area contributed by atoms with Crippen molar-refractivity contribution < 1.29 is 23.7 Å². The summed E-state index contributed by atoms with van der Waals surface area (Å²) in [6.07, 6.45) is -1.04. The number of aliphatic hydroxyl groups excluding tert-OH is 2. The Morgan fingerprint density at radius 1 is 1.70 bits per heavy atom. The number of alkyl halides is 2. The summed E-state index contributed by atoms with van der Waals surface area (Å²) >= 11 is 0. The first-order valence-electron chi connectivity index (χ1n) is 5.46. The van der Waals surface area contributed by atoms with Crippen LogP contribution in [0.2, 0.25) is 0 Å². The molecule has 0 saturated carbocycles. The van der Waals surface area contributed by atoms with E-state index in [1.54, 1.807) is 0 Å². The van der Waals surface area contributed by atoms with Gasteiger partial charge in [-0.05, 0) is 6.07 Å². The number of anilines is 1. The fraction of sp³-hybridized carbons (Fsp3) is 0.455. The summed E-state index contributed by atoms with van der Waals surface area (Å²) < 4.78 is 33.0. The van der Waals surface area contributed by atoms with Crippen molar-refractivity contribution in [3.8, 4) is 0 Å². The normalized spacial score (nSPS) is 16.4. The van der Waals surface area contributed by atoms with Gasteiger partial charge < -0.3 is 20.7 Å². The summed E-state index contributed by atoms with van der Waals surface area (Å²) in [6.45, 7) is 2.28. The van der Waals surface area contributed by atoms with Crippen molar-refractivity contribution in [2.45, 2.75) is 17.8 Å². The molecule has 0 bridgehead atoms. The summed E-state index contributed by atoms with van der Waals surface area (Å²) in [5.74, 6) is -0.236. The number of methoxy groups -OCH3 is 1. The van der Waals surface area contributed by atoms with E-state index in [9.17, 15) is 18.7 Å². The first-order valence-corrected chi connectivity index (χ1v) is 5.46. The van der Waals surface area contributed by atoms with Crippen LogP contribution in [0.4, 0.5) is 14.6 Å². The molecule has 0 aliphatic carbocycles. The molecule has 1 heterocycles. The lowest BCUT2D eigenvalue weighted by Crippen LogP contribution is -2.57. The molecule has 0 fully saturated rings. The van der Waals surface area contributed by atoms with Crippen molar-refractivity contribution in [3.63, 3.8) is 0 Å². The monoisotopic (exact) mass is 291 g/mol. The standard InChI is InChI=1S/C11H15F2N3O4/c1-3-10(6-17,20-2)8(18)11(12,13)16-5-4-7(14)15-9(16)19/h3-5,8,17-18H,1,6H2,2H3,(H2,14,15,19)/t8-,10-/m1/s1. The Morgan fingerprint density at radius 3 is 2.70 bits per heavy atom. The van der Waals surface area contributed by atoms with Crippen LogP contribution in [0, 0.1) is 0 Å². The Hall–Kier alpha value is -1.84. The lowest BCUT2D eigenvalue weighted by atomic mass is 9.95. The van der Waals surface area contributed by atoms with E-state index in [1.165, 1.54) is 0 Å². The zero-order valence-electron chi connectivity index (χ0n) is 10.7. The van der Waals surface area contributed by atoms with Crippen molar-refractivity contribution in [3.05, 3.63) is 35.4 Å². The number of rotatable bonds is 6. The van der Waals surface area contributed by atoms with Crippen LogP contribution in [0.5, 0.6) is 0 Å². The van der Waals surface area contributed by atoms with Crippen LogP contribution in [-0.4, -0.2) is 45.2 Å². The molecule has 0 spiro atoms. The molecule has 4 N–H and O–H groups in total. The molecule has 0 unspecified atom stereocenters. The van der Waals surface area contributed by atoms with Gasteiger partial charge in [-0.2, -0.15) is 13.8 Å². The van der Waals surface area contributed by atoms with Crippen molar-refractivity contribution in [1.82, 2.24) is 9.55 Å². The SMILES string of the molecule is C=C[C@](CO)(OC)[C@@H](O)C(F)(F)n1ccc(N)nc1=O. The predicted octanol–water partition coefficient (Wildman–Crippen LogP) is -0.701. The molecular formula is C11H15F2N3O4. The molecule has 0 amide bonds. The second-order valence-electron chi connectivity index (χ2n) is 4.02. The maximum absolute atomic E-state index is 14.2. The van der Waals surface area contributed by atoms with Crippen LogP contribution < -0.4 is 11.4 Å². The molecule has 0 aliphatic rings. The first kappa shape index (κ1) is 16.2. The summed E-state index contributed by atoms with van der Waals surface area (Å²) in [6, 6.07) is -3.12. The second kappa shape index (κ2) is 5.65. The molecule has 1 aromatic heterocycles. The quantitative estimate of drug-likeness (QED) is 0.598. The van der Waals surface area contributed by atoms with Gasteiger partial charge in [0.05, 0.1) is 6.61 Å². The minimum Gasteiger partial charge on any atom is -0.393 e. The average molecular weight is 291 g/mol. The first-order chi connectivity index (χ1) is 9.25. The zero-order chi connectivity index (χ0) is 15.6. The number of hydrogen-bond donors (Lipinski definition) is 3. The van der Waals surface area contributed by atoms with Gasteiger partial charge in [0.15, 0.2) is 6.10 Å². The highest BCUT2D eigenvalue weighted by Gasteiger charge is 2.53. The number of aromatic nitrogens is 2. The number of halogens is 2. The third-order valence-corrected chi connectivity index (χ3v) is 2.91. The lowest BCUT2D eigenvalue weighted by molar-refractivity contribution is -0.239. The van der Waals surface area contributed by atoms with Crippen molar-refractivity contribution >= 4 is 5.82 Å². The molecule has 112 valence electrons. The van der Waals surface area contributed by atoms with Gasteiger partial charge in [-0.15, -0.1) is 6.58 Å². The molecule has 9 heteroatoms. The maximum atomic E-state index is 14.2. The number of nitrogens with zero attached hydrogens (tertiary/aromatic N) is 2. The van der Waals surface area contributed by atoms with E-state index in [2.05, 4.69) is 11.6 Å². The summed E-state index contributed by atoms with van der Waals surface area (Å²) in [4.78, 5) is 14.6. The van der Waals surface area contributed by atoms with Crippen LogP contribution in [0.15, 0.2) is 29.7 Å². The molecule has 0 radical (unpaired) electrons. The van der Waals surface area contributed by atoms with Gasteiger partial charge in [0, 0.05) is 13.3 Å². The van der Waals surface area contributed by atoms with E-state index < -0.39 is 30.0 Å². The number of aliphatic hydroxyl groups is 2. The molecule has 1 aromatic rings. The molecule has 1 rings (SSSR count). The predicted molar refractivity (Wildman–Crippen MR) is 66.1 cm³/mol. The van der Waals surface area contributed by atoms with Gasteiger partial charge in [0.25, 0.3) is 0 Å². The Balaban J connectivity index is 3.34. The minimum absolute atomic E-state index is 0.0963. The summed E-state index contributed by atoms with van der Waals surface area (Å²) in [5.41, 5.74) is 1.72. The number of nitrogen functional groups attached to an aromatic ring is 1. The number of hydrogen-bond acceptors (Lipinski definition) is 6. The molecule has 0 aliphatic heterocycles. The third kappa shape index (κ3) is 2.55. The second-order valence-corrected chi connectivity index (χ2v) is 4.02. The van der Waals surface area contributed by atoms with Crippen molar-refractivity contribution in [1.29, 1.82) is 0 Å². The lowest BCUT2D eigenvalue weighted by Gasteiger charge is -2.36. The molecule has 20 heavy (non-hydrogen) atoms. The van der Waals surface area contributed by atoms with Gasteiger partial charge in [-0.3, -0.25) is 0 Å². The van der Waals surface area contributed by atoms with E-state index in [1.807, 2.05) is 0 Å². The highest BCUT2D eigenvalue weighted by atomic mass is 19.3. The van der Waals surface area contributed by atoms with Gasteiger partial charge in [0.2, 0.25) is 0 Å². The Kier molecular flexibility index (Phi) is 4.58.